The summed E-state index contributed by atoms with van der Waals surface area (Å²) in [6.07, 6.45) is 3.50. The largest absolute Gasteiger partial charge is 0.487 e. The smallest absolute Gasteiger partial charge is 0.315 e. The van der Waals surface area contributed by atoms with Crippen LogP contribution in [0, 0.1) is 0 Å². The molecule has 0 aliphatic heterocycles. The van der Waals surface area contributed by atoms with E-state index in [2.05, 4.69) is 10.6 Å². The van der Waals surface area contributed by atoms with Gasteiger partial charge in [-0.15, -0.1) is 0 Å². The number of nitrogens with one attached hydrogen (secondary N) is 2. The number of carbonyl (C=O) groups excluding carboxylic acids is 1. The van der Waals surface area contributed by atoms with E-state index >= 15 is 0 Å². The number of ether oxygens (including phenoxy) is 1. The molecule has 1 fully saturated rings. The van der Waals surface area contributed by atoms with E-state index in [4.69, 9.17) is 16.3 Å². The second-order valence-corrected chi connectivity index (χ2v) is 6.25. The molecule has 2 amide bonds. The van der Waals surface area contributed by atoms with Crippen LogP contribution in [0.15, 0.2) is 24.3 Å². The van der Waals surface area contributed by atoms with Gasteiger partial charge in [0.15, 0.2) is 0 Å². The molecule has 6 heteroatoms. The molecular weight excluding hydrogens is 304 g/mol. The normalized spacial score (nSPS) is 17.8. The third-order valence-electron chi connectivity index (χ3n) is 3.96. The molecule has 22 heavy (non-hydrogen) atoms. The first-order valence-electron chi connectivity index (χ1n) is 7.63. The van der Waals surface area contributed by atoms with E-state index in [1.165, 1.54) is 0 Å². The molecule has 0 radical (unpaired) electrons. The molecule has 1 aliphatic rings. The third-order valence-corrected chi connectivity index (χ3v) is 4.27. The number of halogens is 1. The van der Waals surface area contributed by atoms with Crippen LogP contribution in [0.4, 0.5) is 4.79 Å². The van der Waals surface area contributed by atoms with Crippen LogP contribution in [0.2, 0.25) is 5.02 Å². The number of aliphatic hydroxyl groups excluding tert-OH is 1. The average Bonchev–Trinajstić information content (AvgIpc) is 2.97. The van der Waals surface area contributed by atoms with E-state index in [0.717, 1.165) is 25.7 Å². The van der Waals surface area contributed by atoms with Gasteiger partial charge in [-0.05, 0) is 31.9 Å². The van der Waals surface area contributed by atoms with Crippen LogP contribution >= 0.6 is 11.6 Å². The maximum Gasteiger partial charge on any atom is 0.315 e. The van der Waals surface area contributed by atoms with Crippen molar-refractivity contribution in [2.75, 3.05) is 13.2 Å². The molecular formula is C16H23ClN2O3. The Hall–Kier alpha value is -1.46. The van der Waals surface area contributed by atoms with E-state index in [9.17, 15) is 9.90 Å². The highest BCUT2D eigenvalue weighted by molar-refractivity contribution is 6.32. The summed E-state index contributed by atoms with van der Waals surface area (Å²) in [7, 11) is 0. The number of urea groups is 1. The lowest BCUT2D eigenvalue weighted by Gasteiger charge is -2.28. The summed E-state index contributed by atoms with van der Waals surface area (Å²) in [5, 5.41) is 15.7. The highest BCUT2D eigenvalue weighted by Crippen LogP contribution is 2.29. The second kappa shape index (κ2) is 7.70. The van der Waals surface area contributed by atoms with Crippen molar-refractivity contribution in [2.24, 2.45) is 0 Å². The lowest BCUT2D eigenvalue weighted by Crippen LogP contribution is -2.53. The molecule has 1 aromatic rings. The Labute approximate surface area is 136 Å². The van der Waals surface area contributed by atoms with Crippen molar-refractivity contribution in [3.8, 4) is 5.75 Å². The van der Waals surface area contributed by atoms with Gasteiger partial charge in [-0.1, -0.05) is 36.6 Å². The number of aliphatic hydroxyl groups is 1. The first kappa shape index (κ1) is 16.9. The third kappa shape index (κ3) is 4.52. The Kier molecular flexibility index (Phi) is 5.91. The van der Waals surface area contributed by atoms with Crippen molar-refractivity contribution in [2.45, 2.75) is 44.2 Å². The van der Waals surface area contributed by atoms with E-state index in [1.807, 2.05) is 19.1 Å². The number of amides is 2. The van der Waals surface area contributed by atoms with E-state index in [1.54, 1.807) is 12.1 Å². The van der Waals surface area contributed by atoms with E-state index in [-0.39, 0.29) is 18.7 Å². The van der Waals surface area contributed by atoms with Gasteiger partial charge in [0.2, 0.25) is 0 Å². The van der Waals surface area contributed by atoms with Crippen molar-refractivity contribution in [1.82, 2.24) is 10.6 Å². The highest BCUT2D eigenvalue weighted by Gasteiger charge is 2.34. The summed E-state index contributed by atoms with van der Waals surface area (Å²) >= 11 is 6.03. The molecule has 2 rings (SSSR count). The molecule has 3 N–H and O–H groups in total. The number of hydrogen-bond acceptors (Lipinski definition) is 3. The standard InChI is InChI=1S/C16H23ClN2O3/c1-12(22-14-7-3-2-6-13(14)17)10-18-15(21)19-16(11-20)8-4-5-9-16/h2-3,6-7,12,20H,4-5,8-11H2,1H3,(H2,18,19,21). The van der Waals surface area contributed by atoms with Crippen LogP contribution in [0.1, 0.15) is 32.6 Å². The molecule has 1 aromatic carbocycles. The van der Waals surface area contributed by atoms with Crippen LogP contribution in [-0.2, 0) is 0 Å². The predicted octanol–water partition coefficient (Wildman–Crippen LogP) is 2.71. The fourth-order valence-corrected chi connectivity index (χ4v) is 2.87. The maximum atomic E-state index is 12.0. The Morgan fingerprint density at radius 2 is 2.09 bits per heavy atom. The summed E-state index contributed by atoms with van der Waals surface area (Å²) < 4.78 is 5.69. The molecule has 1 atom stereocenters. The van der Waals surface area contributed by atoms with Crippen molar-refractivity contribution in [3.63, 3.8) is 0 Å². The molecule has 5 nitrogen and oxygen atoms in total. The zero-order chi connectivity index (χ0) is 16.0. The summed E-state index contributed by atoms with van der Waals surface area (Å²) in [6.45, 7) is 2.20. The molecule has 0 bridgehead atoms. The predicted molar refractivity (Wildman–Crippen MR) is 86.4 cm³/mol. The van der Waals surface area contributed by atoms with Crippen LogP contribution in [0.3, 0.4) is 0 Å². The van der Waals surface area contributed by atoms with Crippen LogP contribution in [0.5, 0.6) is 5.75 Å². The molecule has 0 aromatic heterocycles. The maximum absolute atomic E-state index is 12.0. The zero-order valence-electron chi connectivity index (χ0n) is 12.8. The van der Waals surface area contributed by atoms with Gasteiger partial charge in [0.25, 0.3) is 0 Å². The van der Waals surface area contributed by atoms with Crippen molar-refractivity contribution >= 4 is 17.6 Å². The molecule has 0 spiro atoms. The Bertz CT molecular complexity index is 504. The first-order valence-corrected chi connectivity index (χ1v) is 8.00. The quantitative estimate of drug-likeness (QED) is 0.752. The number of para-hydroxylation sites is 1. The van der Waals surface area contributed by atoms with Gasteiger partial charge in [0.1, 0.15) is 11.9 Å². The number of hydrogen-bond donors (Lipinski definition) is 3. The van der Waals surface area contributed by atoms with Crippen LogP contribution in [0.25, 0.3) is 0 Å². The lowest BCUT2D eigenvalue weighted by molar-refractivity contribution is 0.159. The highest BCUT2D eigenvalue weighted by atomic mass is 35.5. The molecule has 0 saturated heterocycles. The van der Waals surface area contributed by atoms with Gasteiger partial charge in [-0.3, -0.25) is 0 Å². The minimum absolute atomic E-state index is 0.0217. The monoisotopic (exact) mass is 326 g/mol. The molecule has 1 unspecified atom stereocenters. The average molecular weight is 327 g/mol. The lowest BCUT2D eigenvalue weighted by atomic mass is 9.99. The van der Waals surface area contributed by atoms with Crippen molar-refractivity contribution < 1.29 is 14.6 Å². The SMILES string of the molecule is CC(CNC(=O)NC1(CO)CCCC1)Oc1ccccc1Cl. The Balaban J connectivity index is 1.77. The molecule has 1 saturated carbocycles. The van der Waals surface area contributed by atoms with Gasteiger partial charge < -0.3 is 20.5 Å². The second-order valence-electron chi connectivity index (χ2n) is 5.84. The minimum Gasteiger partial charge on any atom is -0.487 e. The number of rotatable bonds is 6. The summed E-state index contributed by atoms with van der Waals surface area (Å²) in [5.74, 6) is 0.599. The molecule has 0 heterocycles. The van der Waals surface area contributed by atoms with E-state index < -0.39 is 5.54 Å². The Morgan fingerprint density at radius 1 is 1.41 bits per heavy atom. The van der Waals surface area contributed by atoms with Gasteiger partial charge in [-0.2, -0.15) is 0 Å². The van der Waals surface area contributed by atoms with Crippen LogP contribution in [-0.4, -0.2) is 35.9 Å². The van der Waals surface area contributed by atoms with Gasteiger partial charge >= 0.3 is 6.03 Å². The fourth-order valence-electron chi connectivity index (χ4n) is 2.69. The minimum atomic E-state index is -0.461. The first-order chi connectivity index (χ1) is 10.5. The molecule has 122 valence electrons. The number of carbonyl (C=O) groups is 1. The molecule has 1 aliphatic carbocycles. The van der Waals surface area contributed by atoms with Crippen molar-refractivity contribution in [3.05, 3.63) is 29.3 Å². The Morgan fingerprint density at radius 3 is 2.73 bits per heavy atom. The summed E-state index contributed by atoms with van der Waals surface area (Å²) in [5.41, 5.74) is -0.461. The summed E-state index contributed by atoms with van der Waals surface area (Å²) in [6, 6.07) is 6.96. The van der Waals surface area contributed by atoms with Crippen molar-refractivity contribution in [1.29, 1.82) is 0 Å². The van der Waals surface area contributed by atoms with Gasteiger partial charge in [-0.25, -0.2) is 4.79 Å². The summed E-state index contributed by atoms with van der Waals surface area (Å²) in [4.78, 5) is 12.0. The number of benzene rings is 1. The van der Waals surface area contributed by atoms with Gasteiger partial charge in [0.05, 0.1) is 23.7 Å². The zero-order valence-corrected chi connectivity index (χ0v) is 13.5. The van der Waals surface area contributed by atoms with Crippen LogP contribution < -0.4 is 15.4 Å². The van der Waals surface area contributed by atoms with Gasteiger partial charge in [0, 0.05) is 0 Å². The van der Waals surface area contributed by atoms with E-state index in [0.29, 0.717) is 17.3 Å². The topological polar surface area (TPSA) is 70.6 Å². The fraction of sp³-hybridized carbons (Fsp3) is 0.562.